The Morgan fingerprint density at radius 3 is 2.75 bits per heavy atom. The zero-order valence-electron chi connectivity index (χ0n) is 8.43. The highest BCUT2D eigenvalue weighted by Crippen LogP contribution is 2.13. The van der Waals surface area contributed by atoms with Gasteiger partial charge in [0.05, 0.1) is 6.54 Å². The van der Waals surface area contributed by atoms with Gasteiger partial charge in [-0.25, -0.2) is 0 Å². The van der Waals surface area contributed by atoms with Crippen LogP contribution in [0.3, 0.4) is 0 Å². The van der Waals surface area contributed by atoms with E-state index in [9.17, 15) is 0 Å². The van der Waals surface area contributed by atoms with Gasteiger partial charge in [0.25, 0.3) is 0 Å². The number of hydrogen-bond donors (Lipinski definition) is 0. The van der Waals surface area contributed by atoms with Crippen molar-refractivity contribution in [3.8, 4) is 11.8 Å². The molecule has 0 amide bonds. The summed E-state index contributed by atoms with van der Waals surface area (Å²) in [4.78, 5) is 2.44. The van der Waals surface area contributed by atoms with Gasteiger partial charge in [-0.3, -0.25) is 4.90 Å². The minimum absolute atomic E-state index is 0.519. The van der Waals surface area contributed by atoms with Crippen molar-refractivity contribution >= 4 is 0 Å². The largest absolute Gasteiger partial charge is 0.292 e. The van der Waals surface area contributed by atoms with Crippen molar-refractivity contribution in [3.05, 3.63) is 0 Å². The van der Waals surface area contributed by atoms with Crippen molar-refractivity contribution in [1.29, 1.82) is 0 Å². The van der Waals surface area contributed by atoms with E-state index in [1.165, 1.54) is 19.5 Å². The summed E-state index contributed by atoms with van der Waals surface area (Å²) in [5, 5.41) is 0. The number of hydrogen-bond acceptors (Lipinski definition) is 1. The molecule has 0 radical (unpaired) electrons. The Morgan fingerprint density at radius 1 is 1.50 bits per heavy atom. The van der Waals surface area contributed by atoms with Crippen molar-refractivity contribution in [2.75, 3.05) is 19.6 Å². The van der Waals surface area contributed by atoms with E-state index >= 15 is 0 Å². The van der Waals surface area contributed by atoms with Gasteiger partial charge < -0.3 is 0 Å². The molecular weight excluding hydrogens is 146 g/mol. The van der Waals surface area contributed by atoms with E-state index in [0.29, 0.717) is 5.92 Å². The molecule has 0 aromatic heterocycles. The summed E-state index contributed by atoms with van der Waals surface area (Å²) in [7, 11) is 0. The molecule has 1 heteroatoms. The summed E-state index contributed by atoms with van der Waals surface area (Å²) >= 11 is 0. The smallest absolute Gasteiger partial charge is 0.0601 e. The molecule has 0 aliphatic carbocycles. The summed E-state index contributed by atoms with van der Waals surface area (Å²) in [6.45, 7) is 10.1. The maximum Gasteiger partial charge on any atom is 0.0601 e. The molecule has 1 saturated heterocycles. The quantitative estimate of drug-likeness (QED) is 0.537. The van der Waals surface area contributed by atoms with Crippen LogP contribution in [0.25, 0.3) is 0 Å². The fourth-order valence-corrected chi connectivity index (χ4v) is 1.53. The van der Waals surface area contributed by atoms with Gasteiger partial charge in [-0.05, 0) is 18.9 Å². The molecule has 0 spiro atoms. The minimum Gasteiger partial charge on any atom is -0.292 e. The SMILES string of the molecule is CC(C)C#CCN1CC[C@@H](C)C1. The van der Waals surface area contributed by atoms with Crippen LogP contribution in [-0.2, 0) is 0 Å². The van der Waals surface area contributed by atoms with Gasteiger partial charge in [0.2, 0.25) is 0 Å². The fraction of sp³-hybridized carbons (Fsp3) is 0.818. The van der Waals surface area contributed by atoms with E-state index in [2.05, 4.69) is 37.5 Å². The molecule has 0 unspecified atom stereocenters. The average Bonchev–Trinajstić information content (AvgIpc) is 2.35. The molecule has 1 nitrogen and oxygen atoms in total. The first-order valence-electron chi connectivity index (χ1n) is 4.89. The van der Waals surface area contributed by atoms with E-state index in [1.54, 1.807) is 0 Å². The topological polar surface area (TPSA) is 3.24 Å². The summed E-state index contributed by atoms with van der Waals surface area (Å²) in [6.07, 6.45) is 1.35. The Bertz CT molecular complexity index is 185. The first kappa shape index (κ1) is 9.61. The lowest BCUT2D eigenvalue weighted by Crippen LogP contribution is -2.20. The van der Waals surface area contributed by atoms with Crippen LogP contribution in [0.5, 0.6) is 0 Å². The molecule has 1 aliphatic heterocycles. The molecule has 12 heavy (non-hydrogen) atoms. The number of rotatable bonds is 1. The van der Waals surface area contributed by atoms with Crippen molar-refractivity contribution in [1.82, 2.24) is 4.90 Å². The highest BCUT2D eigenvalue weighted by Gasteiger charge is 2.16. The molecule has 0 aromatic carbocycles. The van der Waals surface area contributed by atoms with Gasteiger partial charge in [0.1, 0.15) is 0 Å². The molecule has 1 atom stereocenters. The monoisotopic (exact) mass is 165 g/mol. The number of likely N-dealkylation sites (tertiary alicyclic amines) is 1. The van der Waals surface area contributed by atoms with Crippen LogP contribution in [-0.4, -0.2) is 24.5 Å². The second kappa shape index (κ2) is 4.52. The van der Waals surface area contributed by atoms with Crippen molar-refractivity contribution in [3.63, 3.8) is 0 Å². The van der Waals surface area contributed by atoms with E-state index in [1.807, 2.05) is 0 Å². The minimum atomic E-state index is 0.519. The normalized spacial score (nSPS) is 24.2. The predicted molar refractivity (Wildman–Crippen MR) is 52.8 cm³/mol. The van der Waals surface area contributed by atoms with Gasteiger partial charge in [0.15, 0.2) is 0 Å². The van der Waals surface area contributed by atoms with Gasteiger partial charge in [-0.1, -0.05) is 32.6 Å². The average molecular weight is 165 g/mol. The molecule has 1 heterocycles. The Hall–Kier alpha value is -0.480. The second-order valence-corrected chi connectivity index (χ2v) is 4.10. The predicted octanol–water partition coefficient (Wildman–Crippen LogP) is 1.99. The highest BCUT2D eigenvalue weighted by molar-refractivity contribution is 5.03. The second-order valence-electron chi connectivity index (χ2n) is 4.10. The third kappa shape index (κ3) is 3.28. The van der Waals surface area contributed by atoms with Gasteiger partial charge in [0, 0.05) is 12.5 Å². The molecule has 0 aromatic rings. The molecule has 1 fully saturated rings. The molecule has 1 aliphatic rings. The van der Waals surface area contributed by atoms with E-state index in [0.717, 1.165) is 12.5 Å². The standard InChI is InChI=1S/C11H19N/c1-10(2)5-4-7-12-8-6-11(3)9-12/h10-11H,6-9H2,1-3H3/t11-/m1/s1. The van der Waals surface area contributed by atoms with Crippen molar-refractivity contribution in [2.24, 2.45) is 11.8 Å². The van der Waals surface area contributed by atoms with Crippen LogP contribution < -0.4 is 0 Å². The van der Waals surface area contributed by atoms with Crippen LogP contribution in [0, 0.1) is 23.7 Å². The first-order chi connectivity index (χ1) is 5.68. The molecular formula is C11H19N. The Balaban J connectivity index is 2.21. The fourth-order valence-electron chi connectivity index (χ4n) is 1.53. The van der Waals surface area contributed by atoms with E-state index in [-0.39, 0.29) is 0 Å². The third-order valence-corrected chi connectivity index (χ3v) is 2.20. The lowest BCUT2D eigenvalue weighted by atomic mass is 10.2. The molecule has 0 saturated carbocycles. The Morgan fingerprint density at radius 2 is 2.25 bits per heavy atom. The summed E-state index contributed by atoms with van der Waals surface area (Å²) in [5.41, 5.74) is 0. The van der Waals surface area contributed by atoms with E-state index < -0.39 is 0 Å². The third-order valence-electron chi connectivity index (χ3n) is 2.20. The van der Waals surface area contributed by atoms with Crippen LogP contribution in [0.1, 0.15) is 27.2 Å². The molecule has 68 valence electrons. The molecule has 0 N–H and O–H groups in total. The van der Waals surface area contributed by atoms with Crippen LogP contribution in [0.4, 0.5) is 0 Å². The maximum atomic E-state index is 3.22. The highest BCUT2D eigenvalue weighted by atomic mass is 15.1. The summed E-state index contributed by atoms with van der Waals surface area (Å²) < 4.78 is 0. The lowest BCUT2D eigenvalue weighted by molar-refractivity contribution is 0.369. The zero-order valence-corrected chi connectivity index (χ0v) is 8.43. The van der Waals surface area contributed by atoms with Crippen LogP contribution in [0.2, 0.25) is 0 Å². The molecule has 0 bridgehead atoms. The van der Waals surface area contributed by atoms with E-state index in [4.69, 9.17) is 0 Å². The Kier molecular flexibility index (Phi) is 3.62. The van der Waals surface area contributed by atoms with Gasteiger partial charge in [-0.2, -0.15) is 0 Å². The first-order valence-corrected chi connectivity index (χ1v) is 4.89. The van der Waals surface area contributed by atoms with Crippen LogP contribution in [0.15, 0.2) is 0 Å². The lowest BCUT2D eigenvalue weighted by Gasteiger charge is -2.09. The summed E-state index contributed by atoms with van der Waals surface area (Å²) in [6, 6.07) is 0. The van der Waals surface area contributed by atoms with Gasteiger partial charge in [-0.15, -0.1) is 0 Å². The summed E-state index contributed by atoms with van der Waals surface area (Å²) in [5.74, 6) is 7.82. The maximum absolute atomic E-state index is 3.22. The van der Waals surface area contributed by atoms with Gasteiger partial charge >= 0.3 is 0 Å². The van der Waals surface area contributed by atoms with Crippen LogP contribution >= 0.6 is 0 Å². The van der Waals surface area contributed by atoms with Crippen molar-refractivity contribution < 1.29 is 0 Å². The van der Waals surface area contributed by atoms with Crippen molar-refractivity contribution in [2.45, 2.75) is 27.2 Å². The molecule has 1 rings (SSSR count). The zero-order chi connectivity index (χ0) is 8.97. The number of nitrogens with zero attached hydrogens (tertiary/aromatic N) is 1. The Labute approximate surface area is 76.1 Å².